The average molecular weight is 466 g/mol. The number of ether oxygens (including phenoxy) is 2. The summed E-state index contributed by atoms with van der Waals surface area (Å²) in [5.41, 5.74) is -0.0860. The first-order chi connectivity index (χ1) is 16.1. The number of fused-ring (bicyclic) bond motifs is 5. The monoisotopic (exact) mass is 466 g/mol. The number of carbonyl (C=O) groups excluding carboxylic acids is 1. The molecule has 0 bridgehead atoms. The lowest BCUT2D eigenvalue weighted by molar-refractivity contribution is 0.112. The van der Waals surface area contributed by atoms with Crippen LogP contribution in [-0.4, -0.2) is 44.6 Å². The number of aromatic nitrogens is 3. The highest BCUT2D eigenvalue weighted by Gasteiger charge is 2.44. The third-order valence-electron chi connectivity index (χ3n) is 6.08. The molecule has 3 aromatic rings. The maximum Gasteiger partial charge on any atom is 0.414 e. The number of rotatable bonds is 2. The van der Waals surface area contributed by atoms with E-state index in [0.29, 0.717) is 17.1 Å². The van der Waals surface area contributed by atoms with Gasteiger partial charge in [0.15, 0.2) is 0 Å². The fourth-order valence-corrected chi connectivity index (χ4v) is 4.44. The summed E-state index contributed by atoms with van der Waals surface area (Å²) in [6.07, 6.45) is 1.36. The van der Waals surface area contributed by atoms with E-state index in [1.165, 1.54) is 38.5 Å². The third kappa shape index (κ3) is 3.25. The van der Waals surface area contributed by atoms with E-state index in [2.05, 4.69) is 0 Å². The number of halogens is 1. The van der Waals surface area contributed by atoms with Crippen molar-refractivity contribution >= 4 is 6.09 Å². The van der Waals surface area contributed by atoms with Gasteiger partial charge in [-0.3, -0.25) is 0 Å². The van der Waals surface area contributed by atoms with E-state index in [0.717, 1.165) is 10.1 Å². The van der Waals surface area contributed by atoms with E-state index < -0.39 is 34.9 Å². The Kier molecular flexibility index (Phi) is 4.78. The molecule has 1 amide bonds. The van der Waals surface area contributed by atoms with E-state index in [9.17, 15) is 18.8 Å². The van der Waals surface area contributed by atoms with Gasteiger partial charge in [0, 0.05) is 25.7 Å². The minimum Gasteiger partial charge on any atom is -0.483 e. The molecule has 2 aliphatic heterocycles. The van der Waals surface area contributed by atoms with Gasteiger partial charge in [-0.2, -0.15) is 0 Å². The topological polar surface area (TPSA) is 87.7 Å². The highest BCUT2D eigenvalue weighted by molar-refractivity contribution is 5.70. The fraction of sp³-hybridized carbons (Fsp3) is 0.292. The van der Waals surface area contributed by atoms with Crippen LogP contribution in [-0.2, 0) is 6.54 Å². The quantitative estimate of drug-likeness (QED) is 0.542. The van der Waals surface area contributed by atoms with Crippen LogP contribution in [0.2, 0.25) is 0 Å². The minimum absolute atomic E-state index is 0.189. The molecule has 0 fully saturated rings. The van der Waals surface area contributed by atoms with Gasteiger partial charge in [0.25, 0.3) is 0 Å². The maximum absolute atomic E-state index is 13.6. The summed E-state index contributed by atoms with van der Waals surface area (Å²) in [5, 5.41) is 0. The molecule has 0 N–H and O–H groups in total. The van der Waals surface area contributed by atoms with Gasteiger partial charge in [-0.05, 0) is 55.8 Å². The Morgan fingerprint density at radius 1 is 1.12 bits per heavy atom. The Morgan fingerprint density at radius 2 is 1.82 bits per heavy atom. The molecule has 1 aromatic heterocycles. The molecule has 1 unspecified atom stereocenters. The van der Waals surface area contributed by atoms with Crippen molar-refractivity contribution in [1.82, 2.24) is 18.8 Å². The minimum atomic E-state index is -0.791. The summed E-state index contributed by atoms with van der Waals surface area (Å²) >= 11 is 0. The maximum atomic E-state index is 13.6. The lowest BCUT2D eigenvalue weighted by Crippen LogP contribution is -2.46. The summed E-state index contributed by atoms with van der Waals surface area (Å²) in [5.74, 6) is 0.277. The van der Waals surface area contributed by atoms with Gasteiger partial charge in [0.1, 0.15) is 29.0 Å². The fourth-order valence-electron chi connectivity index (χ4n) is 4.44. The molecule has 0 saturated carbocycles. The van der Waals surface area contributed by atoms with E-state index >= 15 is 0 Å². The second kappa shape index (κ2) is 7.47. The Hall–Kier alpha value is -4.08. The number of hydrogen-bond donors (Lipinski definition) is 0. The third-order valence-corrected chi connectivity index (χ3v) is 6.08. The molecule has 2 aromatic carbocycles. The van der Waals surface area contributed by atoms with Gasteiger partial charge in [0.2, 0.25) is 0 Å². The second-order valence-corrected chi connectivity index (χ2v) is 8.94. The predicted octanol–water partition coefficient (Wildman–Crippen LogP) is 2.70. The SMILES string of the molecule is CN(C)C(=O)Oc1ccc2c(c1)OC(C)(C)C1=CCn3c(=O)n(-c4ccc(F)cc4)c(=O)n3C12. The summed E-state index contributed by atoms with van der Waals surface area (Å²) in [4.78, 5) is 40.0. The van der Waals surface area contributed by atoms with E-state index in [-0.39, 0.29) is 12.2 Å². The molecule has 2 aliphatic rings. The zero-order chi connectivity index (χ0) is 24.4. The Morgan fingerprint density at radius 3 is 2.50 bits per heavy atom. The molecule has 34 heavy (non-hydrogen) atoms. The number of allylic oxidation sites excluding steroid dienone is 1. The molecule has 0 aliphatic carbocycles. The van der Waals surface area contributed by atoms with Crippen molar-refractivity contribution in [3.05, 3.63) is 86.5 Å². The van der Waals surface area contributed by atoms with Crippen molar-refractivity contribution < 1.29 is 18.7 Å². The predicted molar refractivity (Wildman–Crippen MR) is 121 cm³/mol. The van der Waals surface area contributed by atoms with E-state index in [4.69, 9.17) is 9.47 Å². The number of amides is 1. The van der Waals surface area contributed by atoms with Crippen LogP contribution in [0.25, 0.3) is 5.69 Å². The largest absolute Gasteiger partial charge is 0.483 e. The molecule has 5 rings (SSSR count). The van der Waals surface area contributed by atoms with Crippen LogP contribution >= 0.6 is 0 Å². The zero-order valence-corrected chi connectivity index (χ0v) is 19.1. The molecule has 10 heteroatoms. The molecule has 0 spiro atoms. The average Bonchev–Trinajstić information content (AvgIpc) is 3.04. The summed E-state index contributed by atoms with van der Waals surface area (Å²) in [7, 11) is 3.16. The lowest BCUT2D eigenvalue weighted by Gasteiger charge is -2.42. The number of hydrogen-bond acceptors (Lipinski definition) is 5. The Bertz CT molecular complexity index is 1460. The summed E-state index contributed by atoms with van der Waals surface area (Å²) in [6, 6.07) is 9.55. The number of carbonyl (C=O) groups is 1. The van der Waals surface area contributed by atoms with Crippen molar-refractivity contribution in [2.24, 2.45) is 0 Å². The van der Waals surface area contributed by atoms with Gasteiger partial charge in [-0.1, -0.05) is 6.08 Å². The van der Waals surface area contributed by atoms with Crippen molar-refractivity contribution in [3.63, 3.8) is 0 Å². The van der Waals surface area contributed by atoms with Crippen LogP contribution < -0.4 is 20.9 Å². The lowest BCUT2D eigenvalue weighted by atomic mass is 9.83. The van der Waals surface area contributed by atoms with Crippen LogP contribution in [0.15, 0.2) is 63.7 Å². The van der Waals surface area contributed by atoms with Crippen molar-refractivity contribution in [2.75, 3.05) is 14.1 Å². The molecule has 0 saturated heterocycles. The highest BCUT2D eigenvalue weighted by Crippen LogP contribution is 2.47. The standard InChI is InChI=1S/C24H23FN4O5/c1-24(2)18-11-12-27-21(30)28(15-7-5-14(25)6-8-15)22(31)29(27)20(18)17-10-9-16(13-19(17)34-24)33-23(32)26(3)4/h5-11,13,20H,12H2,1-4H3. The number of nitrogens with zero attached hydrogens (tertiary/aromatic N) is 4. The normalized spacial score (nSPS) is 17.6. The van der Waals surface area contributed by atoms with Gasteiger partial charge in [-0.25, -0.2) is 32.7 Å². The first-order valence-electron chi connectivity index (χ1n) is 10.7. The zero-order valence-electron chi connectivity index (χ0n) is 19.1. The van der Waals surface area contributed by atoms with Crippen molar-refractivity contribution in [2.45, 2.75) is 32.0 Å². The van der Waals surface area contributed by atoms with Crippen LogP contribution in [0.1, 0.15) is 25.5 Å². The molecule has 0 radical (unpaired) electrons. The van der Waals surface area contributed by atoms with E-state index in [1.54, 1.807) is 32.3 Å². The molecule has 1 atom stereocenters. The molecular formula is C24H23FN4O5. The van der Waals surface area contributed by atoms with Gasteiger partial charge >= 0.3 is 17.5 Å². The molecule has 9 nitrogen and oxygen atoms in total. The first kappa shape index (κ1) is 21.7. The van der Waals surface area contributed by atoms with Gasteiger partial charge in [0.05, 0.1) is 12.2 Å². The summed E-state index contributed by atoms with van der Waals surface area (Å²) in [6.45, 7) is 3.95. The first-order valence-corrected chi connectivity index (χ1v) is 10.7. The smallest absolute Gasteiger partial charge is 0.414 e. The molecular weight excluding hydrogens is 443 g/mol. The molecule has 3 heterocycles. The molecule has 176 valence electrons. The van der Waals surface area contributed by atoms with Crippen LogP contribution in [0.4, 0.5) is 9.18 Å². The van der Waals surface area contributed by atoms with Gasteiger partial charge in [-0.15, -0.1) is 0 Å². The highest BCUT2D eigenvalue weighted by atomic mass is 19.1. The summed E-state index contributed by atoms with van der Waals surface area (Å²) < 4.78 is 28.8. The van der Waals surface area contributed by atoms with E-state index in [1.807, 2.05) is 19.9 Å². The van der Waals surface area contributed by atoms with Crippen molar-refractivity contribution in [1.29, 1.82) is 0 Å². The number of benzene rings is 2. The van der Waals surface area contributed by atoms with Crippen molar-refractivity contribution in [3.8, 4) is 17.2 Å². The van der Waals surface area contributed by atoms with Crippen LogP contribution in [0.3, 0.4) is 0 Å². The second-order valence-electron chi connectivity index (χ2n) is 8.94. The Labute approximate surface area is 193 Å². The van der Waals surface area contributed by atoms with Crippen LogP contribution in [0, 0.1) is 5.82 Å². The van der Waals surface area contributed by atoms with Crippen LogP contribution in [0.5, 0.6) is 11.5 Å². The Balaban J connectivity index is 1.67. The van der Waals surface area contributed by atoms with Gasteiger partial charge < -0.3 is 14.4 Å².